The molecule has 0 radical (unpaired) electrons. The average molecular weight is 387 g/mol. The van der Waals surface area contributed by atoms with E-state index in [-0.39, 0.29) is 11.7 Å². The van der Waals surface area contributed by atoms with E-state index < -0.39 is 15.9 Å². The summed E-state index contributed by atoms with van der Waals surface area (Å²) in [6.07, 6.45) is 1.55. The smallest absolute Gasteiger partial charge is 0.258 e. The Morgan fingerprint density at radius 2 is 1.70 bits per heavy atom. The Morgan fingerprint density at radius 1 is 1.07 bits per heavy atom. The first-order valence-corrected chi connectivity index (χ1v) is 10.3. The van der Waals surface area contributed by atoms with E-state index in [0.717, 1.165) is 0 Å². The van der Waals surface area contributed by atoms with E-state index in [2.05, 4.69) is 0 Å². The van der Waals surface area contributed by atoms with E-state index in [1.807, 2.05) is 6.92 Å². The largest absolute Gasteiger partial charge is 0.497 e. The summed E-state index contributed by atoms with van der Waals surface area (Å²) >= 11 is 0. The van der Waals surface area contributed by atoms with Crippen LogP contribution in [-0.4, -0.2) is 39.8 Å². The van der Waals surface area contributed by atoms with Crippen molar-refractivity contribution in [3.8, 4) is 11.5 Å². The zero-order chi connectivity index (χ0) is 19.4. The molecule has 1 amide bonds. The first kappa shape index (κ1) is 19.0. The zero-order valence-electron chi connectivity index (χ0n) is 15.2. The van der Waals surface area contributed by atoms with Crippen LogP contribution in [0.1, 0.15) is 17.3 Å². The van der Waals surface area contributed by atoms with Crippen LogP contribution in [0.2, 0.25) is 0 Å². The molecular formula is C20H21NO5S. The summed E-state index contributed by atoms with van der Waals surface area (Å²) < 4.78 is 34.4. The normalized spacial score (nSPS) is 17.5. The molecule has 0 fully saturated rings. The molecule has 6 nitrogen and oxygen atoms in total. The Hall–Kier alpha value is -2.80. The van der Waals surface area contributed by atoms with Crippen LogP contribution in [0.25, 0.3) is 0 Å². The maximum Gasteiger partial charge on any atom is 0.258 e. The minimum absolute atomic E-state index is 0.137. The minimum atomic E-state index is -3.31. The Labute approximate surface area is 158 Å². The molecule has 1 atom stereocenters. The van der Waals surface area contributed by atoms with Crippen molar-refractivity contribution >= 4 is 21.4 Å². The minimum Gasteiger partial charge on any atom is -0.497 e. The third-order valence-corrected chi connectivity index (χ3v) is 5.60. The van der Waals surface area contributed by atoms with Gasteiger partial charge in [-0.05, 0) is 61.5 Å². The summed E-state index contributed by atoms with van der Waals surface area (Å²) in [6, 6.07) is 13.2. The second-order valence-electron chi connectivity index (χ2n) is 6.06. The predicted octanol–water partition coefficient (Wildman–Crippen LogP) is 3.05. The summed E-state index contributed by atoms with van der Waals surface area (Å²) in [5.41, 5.74) is 1.05. The third kappa shape index (κ3) is 4.31. The van der Waals surface area contributed by atoms with Crippen LogP contribution in [0, 0.1) is 0 Å². The standard InChI is InChI=1S/C20H21NO5S/c1-3-26-19-10-6-16(7-11-19)21(17-12-13-27(23,24)14-17)20(22)15-4-8-18(25-2)9-5-15/h4-13,17H,3,14H2,1-2H3/t17-/m1/s1. The number of hydrogen-bond donors (Lipinski definition) is 0. The van der Waals surface area contributed by atoms with E-state index in [4.69, 9.17) is 9.47 Å². The highest BCUT2D eigenvalue weighted by atomic mass is 32.2. The van der Waals surface area contributed by atoms with Gasteiger partial charge in [-0.1, -0.05) is 0 Å². The van der Waals surface area contributed by atoms with Crippen LogP contribution < -0.4 is 14.4 Å². The number of carbonyl (C=O) groups is 1. The first-order chi connectivity index (χ1) is 12.9. The molecule has 1 aliphatic heterocycles. The molecule has 3 rings (SSSR count). The molecule has 1 aliphatic rings. The molecule has 0 saturated carbocycles. The number of amides is 1. The number of sulfone groups is 1. The van der Waals surface area contributed by atoms with Crippen LogP contribution in [0.5, 0.6) is 11.5 Å². The van der Waals surface area contributed by atoms with Crippen LogP contribution in [0.4, 0.5) is 5.69 Å². The van der Waals surface area contributed by atoms with Gasteiger partial charge in [-0.2, -0.15) is 0 Å². The second-order valence-corrected chi connectivity index (χ2v) is 7.99. The lowest BCUT2D eigenvalue weighted by atomic mass is 10.1. The number of benzene rings is 2. The number of carbonyl (C=O) groups excluding carboxylic acids is 1. The molecule has 142 valence electrons. The van der Waals surface area contributed by atoms with Gasteiger partial charge in [-0.3, -0.25) is 4.79 Å². The number of nitrogens with zero attached hydrogens (tertiary/aromatic N) is 1. The van der Waals surface area contributed by atoms with Gasteiger partial charge < -0.3 is 14.4 Å². The van der Waals surface area contributed by atoms with Crippen molar-refractivity contribution < 1.29 is 22.7 Å². The van der Waals surface area contributed by atoms with Crippen molar-refractivity contribution in [2.45, 2.75) is 13.0 Å². The van der Waals surface area contributed by atoms with Crippen molar-refractivity contribution in [3.63, 3.8) is 0 Å². The monoisotopic (exact) mass is 387 g/mol. The number of methoxy groups -OCH3 is 1. The maximum absolute atomic E-state index is 13.2. The third-order valence-electron chi connectivity index (χ3n) is 4.22. The number of hydrogen-bond acceptors (Lipinski definition) is 5. The Balaban J connectivity index is 1.96. The fourth-order valence-electron chi connectivity index (χ4n) is 2.92. The van der Waals surface area contributed by atoms with E-state index in [9.17, 15) is 13.2 Å². The Morgan fingerprint density at radius 3 is 2.22 bits per heavy atom. The van der Waals surface area contributed by atoms with Crippen molar-refractivity contribution in [3.05, 3.63) is 65.6 Å². The molecule has 0 unspecified atom stereocenters. The highest BCUT2D eigenvalue weighted by Gasteiger charge is 2.32. The fourth-order valence-corrected chi connectivity index (χ4v) is 4.19. The summed E-state index contributed by atoms with van der Waals surface area (Å²) in [4.78, 5) is 14.7. The lowest BCUT2D eigenvalue weighted by Gasteiger charge is -2.28. The van der Waals surface area contributed by atoms with Crippen molar-refractivity contribution in [2.24, 2.45) is 0 Å². The molecule has 0 aliphatic carbocycles. The molecule has 0 bridgehead atoms. The molecule has 27 heavy (non-hydrogen) atoms. The predicted molar refractivity (Wildman–Crippen MR) is 104 cm³/mol. The fraction of sp³-hybridized carbons (Fsp3) is 0.250. The molecule has 0 N–H and O–H groups in total. The quantitative estimate of drug-likeness (QED) is 0.762. The zero-order valence-corrected chi connectivity index (χ0v) is 16.0. The Bertz CT molecular complexity index is 933. The molecule has 0 aromatic heterocycles. The van der Waals surface area contributed by atoms with Crippen LogP contribution in [0.3, 0.4) is 0 Å². The number of anilines is 1. The highest BCUT2D eigenvalue weighted by molar-refractivity contribution is 7.94. The molecule has 2 aromatic carbocycles. The summed E-state index contributed by atoms with van der Waals surface area (Å²) in [5.74, 6) is 0.908. The maximum atomic E-state index is 13.2. The summed E-state index contributed by atoms with van der Waals surface area (Å²) in [7, 11) is -1.76. The molecule has 7 heteroatoms. The van der Waals surface area contributed by atoms with Gasteiger partial charge in [0.2, 0.25) is 0 Å². The summed E-state index contributed by atoms with van der Waals surface area (Å²) in [6.45, 7) is 2.43. The Kier molecular flexibility index (Phi) is 5.51. The number of rotatable bonds is 6. The van der Waals surface area contributed by atoms with Crippen LogP contribution >= 0.6 is 0 Å². The molecule has 0 spiro atoms. The number of ether oxygens (including phenoxy) is 2. The van der Waals surface area contributed by atoms with E-state index in [0.29, 0.717) is 29.4 Å². The van der Waals surface area contributed by atoms with E-state index in [1.165, 1.54) is 10.3 Å². The van der Waals surface area contributed by atoms with Crippen molar-refractivity contribution in [1.82, 2.24) is 0 Å². The van der Waals surface area contributed by atoms with Gasteiger partial charge in [0, 0.05) is 16.7 Å². The van der Waals surface area contributed by atoms with Crippen molar-refractivity contribution in [1.29, 1.82) is 0 Å². The SMILES string of the molecule is CCOc1ccc(N(C(=O)c2ccc(OC)cc2)[C@@H]2C=CS(=O)(=O)C2)cc1. The highest BCUT2D eigenvalue weighted by Crippen LogP contribution is 2.27. The van der Waals surface area contributed by atoms with Gasteiger partial charge in [-0.15, -0.1) is 0 Å². The first-order valence-electron chi connectivity index (χ1n) is 8.55. The van der Waals surface area contributed by atoms with Gasteiger partial charge in [0.15, 0.2) is 9.84 Å². The van der Waals surface area contributed by atoms with Crippen LogP contribution in [0.15, 0.2) is 60.0 Å². The molecule has 2 aromatic rings. The molecule has 1 heterocycles. The lowest BCUT2D eigenvalue weighted by molar-refractivity contribution is 0.0983. The van der Waals surface area contributed by atoms with Gasteiger partial charge >= 0.3 is 0 Å². The summed E-state index contributed by atoms with van der Waals surface area (Å²) in [5, 5.41) is 1.17. The van der Waals surface area contributed by atoms with E-state index >= 15 is 0 Å². The topological polar surface area (TPSA) is 72.9 Å². The molecule has 0 saturated heterocycles. The second kappa shape index (κ2) is 7.84. The van der Waals surface area contributed by atoms with Gasteiger partial charge in [0.05, 0.1) is 25.5 Å². The van der Waals surface area contributed by atoms with E-state index in [1.54, 1.807) is 61.7 Å². The average Bonchev–Trinajstić information content (AvgIpc) is 3.03. The van der Waals surface area contributed by atoms with Gasteiger partial charge in [-0.25, -0.2) is 8.42 Å². The lowest BCUT2D eigenvalue weighted by Crippen LogP contribution is -2.41. The van der Waals surface area contributed by atoms with Gasteiger partial charge in [0.25, 0.3) is 5.91 Å². The van der Waals surface area contributed by atoms with Crippen LogP contribution in [-0.2, 0) is 9.84 Å². The molecular weight excluding hydrogens is 366 g/mol. The van der Waals surface area contributed by atoms with Gasteiger partial charge in [0.1, 0.15) is 11.5 Å². The van der Waals surface area contributed by atoms with Crippen molar-refractivity contribution in [2.75, 3.05) is 24.4 Å².